The zero-order valence-corrected chi connectivity index (χ0v) is 15.1. The lowest BCUT2D eigenvalue weighted by Gasteiger charge is -2.37. The molecular weight excluding hydrogens is 280 g/mol. The molecule has 0 spiro atoms. The van der Waals surface area contributed by atoms with Gasteiger partial charge in [-0.25, -0.2) is 0 Å². The van der Waals surface area contributed by atoms with Gasteiger partial charge in [-0.1, -0.05) is 47.5 Å². The fourth-order valence-electron chi connectivity index (χ4n) is 3.14. The van der Waals surface area contributed by atoms with Gasteiger partial charge in [-0.3, -0.25) is 9.59 Å². The van der Waals surface area contributed by atoms with Gasteiger partial charge in [-0.2, -0.15) is 0 Å². The van der Waals surface area contributed by atoms with E-state index in [0.29, 0.717) is 13.2 Å². The molecule has 0 saturated carbocycles. The summed E-state index contributed by atoms with van der Waals surface area (Å²) in [5, 5.41) is 0. The summed E-state index contributed by atoms with van der Waals surface area (Å²) in [6.45, 7) is 10.8. The number of hydrogen-bond donors (Lipinski definition) is 0. The smallest absolute Gasteiger partial charge is 0.320 e. The Labute approximate surface area is 135 Å². The van der Waals surface area contributed by atoms with Crippen LogP contribution in [-0.2, 0) is 19.1 Å². The molecule has 22 heavy (non-hydrogen) atoms. The summed E-state index contributed by atoms with van der Waals surface area (Å²) in [5.41, 5.74) is -0.348. The van der Waals surface area contributed by atoms with Crippen LogP contribution in [0.2, 0.25) is 0 Å². The van der Waals surface area contributed by atoms with Crippen molar-refractivity contribution in [3.8, 4) is 0 Å². The summed E-state index contributed by atoms with van der Waals surface area (Å²) >= 11 is 0. The van der Waals surface area contributed by atoms with Gasteiger partial charge in [0, 0.05) is 0 Å². The van der Waals surface area contributed by atoms with Crippen LogP contribution in [0, 0.1) is 11.3 Å². The first kappa shape index (κ1) is 20.9. The van der Waals surface area contributed by atoms with Crippen molar-refractivity contribution < 1.29 is 19.1 Å². The first-order chi connectivity index (χ1) is 10.5. The van der Waals surface area contributed by atoms with Gasteiger partial charge >= 0.3 is 11.9 Å². The molecule has 0 saturated heterocycles. The van der Waals surface area contributed by atoms with Crippen LogP contribution < -0.4 is 0 Å². The molecule has 0 N–H and O–H groups in total. The average molecular weight is 314 g/mol. The molecule has 0 aromatic heterocycles. The van der Waals surface area contributed by atoms with E-state index in [-0.39, 0.29) is 5.41 Å². The number of carbonyl (C=O) groups excluding carboxylic acids is 2. The molecule has 0 atom stereocenters. The summed E-state index contributed by atoms with van der Waals surface area (Å²) in [4.78, 5) is 25.1. The number of ether oxygens (including phenoxy) is 2. The molecular formula is C18H34O4. The highest BCUT2D eigenvalue weighted by Crippen LogP contribution is 2.42. The molecule has 0 heterocycles. The second-order valence-electron chi connectivity index (χ2n) is 5.98. The van der Waals surface area contributed by atoms with Crippen molar-refractivity contribution in [2.75, 3.05) is 13.2 Å². The third-order valence-electron chi connectivity index (χ3n) is 4.18. The predicted octanol–water partition coefficient (Wildman–Crippen LogP) is 4.51. The highest BCUT2D eigenvalue weighted by molar-refractivity contribution is 5.96. The minimum absolute atomic E-state index is 0.348. The van der Waals surface area contributed by atoms with Gasteiger partial charge in [0.2, 0.25) is 0 Å². The summed E-state index contributed by atoms with van der Waals surface area (Å²) in [6.07, 6.45) is 5.84. The Balaban J connectivity index is 5.44. The molecule has 0 radical (unpaired) electrons. The number of hydrogen-bond acceptors (Lipinski definition) is 4. The predicted molar refractivity (Wildman–Crippen MR) is 88.5 cm³/mol. The first-order valence-corrected chi connectivity index (χ1v) is 8.86. The van der Waals surface area contributed by atoms with Crippen molar-refractivity contribution in [2.24, 2.45) is 11.3 Å². The second-order valence-corrected chi connectivity index (χ2v) is 5.98. The molecule has 4 nitrogen and oxygen atoms in total. The van der Waals surface area contributed by atoms with Crippen LogP contribution in [0.5, 0.6) is 0 Å². The molecule has 0 fully saturated rings. The van der Waals surface area contributed by atoms with Crippen LogP contribution in [0.15, 0.2) is 0 Å². The molecule has 0 aliphatic rings. The van der Waals surface area contributed by atoms with Gasteiger partial charge in [0.25, 0.3) is 0 Å². The van der Waals surface area contributed by atoms with Crippen LogP contribution in [0.25, 0.3) is 0 Å². The lowest BCUT2D eigenvalue weighted by Crippen LogP contribution is -2.43. The molecule has 0 unspecified atom stereocenters. The van der Waals surface area contributed by atoms with E-state index in [1.807, 2.05) is 13.8 Å². The Morgan fingerprint density at radius 3 is 1.45 bits per heavy atom. The van der Waals surface area contributed by atoms with E-state index in [1.165, 1.54) is 0 Å². The maximum absolute atomic E-state index is 12.5. The number of esters is 2. The van der Waals surface area contributed by atoms with Crippen LogP contribution in [-0.4, -0.2) is 25.2 Å². The Bertz CT molecular complexity index is 299. The zero-order chi connectivity index (χ0) is 17.0. The Kier molecular flexibility index (Phi) is 10.9. The quantitative estimate of drug-likeness (QED) is 0.393. The highest BCUT2D eigenvalue weighted by Gasteiger charge is 2.47. The van der Waals surface area contributed by atoms with E-state index in [0.717, 1.165) is 44.9 Å². The minimum atomic E-state index is -0.796. The largest absolute Gasteiger partial charge is 0.465 e. The van der Waals surface area contributed by atoms with Crippen molar-refractivity contribution in [1.82, 2.24) is 0 Å². The van der Waals surface area contributed by atoms with Gasteiger partial charge in [-0.05, 0) is 37.5 Å². The summed E-state index contributed by atoms with van der Waals surface area (Å²) in [6, 6.07) is 0. The van der Waals surface area contributed by atoms with E-state index in [2.05, 4.69) is 20.8 Å². The van der Waals surface area contributed by atoms with Crippen molar-refractivity contribution in [2.45, 2.75) is 79.6 Å². The maximum Gasteiger partial charge on any atom is 0.320 e. The van der Waals surface area contributed by atoms with E-state index >= 15 is 0 Å². The third kappa shape index (κ3) is 5.98. The lowest BCUT2D eigenvalue weighted by atomic mass is 9.67. The van der Waals surface area contributed by atoms with Crippen LogP contribution in [0.1, 0.15) is 79.6 Å². The van der Waals surface area contributed by atoms with E-state index in [9.17, 15) is 9.59 Å². The Hall–Kier alpha value is -1.06. The van der Waals surface area contributed by atoms with Crippen LogP contribution in [0.3, 0.4) is 0 Å². The van der Waals surface area contributed by atoms with Gasteiger partial charge < -0.3 is 9.47 Å². The van der Waals surface area contributed by atoms with E-state index in [4.69, 9.17) is 9.47 Å². The monoisotopic (exact) mass is 314 g/mol. The van der Waals surface area contributed by atoms with Crippen LogP contribution >= 0.6 is 0 Å². The molecule has 0 rings (SSSR count). The first-order valence-electron chi connectivity index (χ1n) is 8.86. The third-order valence-corrected chi connectivity index (χ3v) is 4.18. The van der Waals surface area contributed by atoms with Crippen molar-refractivity contribution in [1.29, 1.82) is 0 Å². The Morgan fingerprint density at radius 1 is 0.773 bits per heavy atom. The second kappa shape index (κ2) is 11.5. The normalized spacial score (nSPS) is 11.5. The molecule has 130 valence electrons. The minimum Gasteiger partial charge on any atom is -0.465 e. The van der Waals surface area contributed by atoms with Gasteiger partial charge in [0.15, 0.2) is 5.92 Å². The van der Waals surface area contributed by atoms with Crippen molar-refractivity contribution in [3.05, 3.63) is 0 Å². The Morgan fingerprint density at radius 2 is 1.18 bits per heavy atom. The van der Waals surface area contributed by atoms with Gasteiger partial charge in [-0.15, -0.1) is 0 Å². The summed E-state index contributed by atoms with van der Waals surface area (Å²) in [5.74, 6) is -1.62. The molecule has 4 heteroatoms. The van der Waals surface area contributed by atoms with E-state index in [1.54, 1.807) is 0 Å². The molecule has 0 aliphatic heterocycles. The number of carbonyl (C=O) groups is 2. The van der Waals surface area contributed by atoms with Gasteiger partial charge in [0.05, 0.1) is 13.2 Å². The maximum atomic E-state index is 12.5. The molecule has 0 aromatic carbocycles. The molecule has 0 aliphatic carbocycles. The van der Waals surface area contributed by atoms with Crippen molar-refractivity contribution >= 4 is 11.9 Å². The topological polar surface area (TPSA) is 52.6 Å². The lowest BCUT2D eigenvalue weighted by molar-refractivity contribution is -0.170. The SMILES string of the molecule is CCCOC(=O)C(C(=O)OCCC)C(CC)(CCC)CCC. The molecule has 0 aromatic rings. The number of rotatable bonds is 12. The fourth-order valence-corrected chi connectivity index (χ4v) is 3.14. The standard InChI is InChI=1S/C18H34O4/c1-6-11-18(10-5,12-7-2)15(16(19)21-13-8-3)17(20)22-14-9-4/h15H,6-14H2,1-5H3. The van der Waals surface area contributed by atoms with Crippen molar-refractivity contribution in [3.63, 3.8) is 0 Å². The fraction of sp³-hybridized carbons (Fsp3) is 0.889. The summed E-state index contributed by atoms with van der Waals surface area (Å²) < 4.78 is 10.6. The van der Waals surface area contributed by atoms with Gasteiger partial charge in [0.1, 0.15) is 0 Å². The summed E-state index contributed by atoms with van der Waals surface area (Å²) in [7, 11) is 0. The average Bonchev–Trinajstić information content (AvgIpc) is 2.51. The van der Waals surface area contributed by atoms with Crippen LogP contribution in [0.4, 0.5) is 0 Å². The zero-order valence-electron chi connectivity index (χ0n) is 15.1. The highest BCUT2D eigenvalue weighted by atomic mass is 16.6. The molecule has 0 bridgehead atoms. The van der Waals surface area contributed by atoms with E-state index < -0.39 is 17.9 Å². The molecule has 0 amide bonds.